The van der Waals surface area contributed by atoms with Crippen LogP contribution in [0.2, 0.25) is 0 Å². The van der Waals surface area contributed by atoms with Gasteiger partial charge in [-0.1, -0.05) is 18.3 Å². The maximum Gasteiger partial charge on any atom is 0.186 e. The zero-order chi connectivity index (χ0) is 11.4. The van der Waals surface area contributed by atoms with E-state index in [1.165, 1.54) is 0 Å². The van der Waals surface area contributed by atoms with Crippen LogP contribution in [0.4, 0.5) is 5.13 Å². The van der Waals surface area contributed by atoms with Crippen LogP contribution in [0.25, 0.3) is 0 Å². The van der Waals surface area contributed by atoms with Crippen molar-refractivity contribution < 1.29 is 5.11 Å². The van der Waals surface area contributed by atoms with Crippen molar-refractivity contribution in [1.29, 1.82) is 0 Å². The number of aliphatic hydroxyl groups is 1. The summed E-state index contributed by atoms with van der Waals surface area (Å²) in [5.41, 5.74) is 1.04. The maximum absolute atomic E-state index is 9.21. The van der Waals surface area contributed by atoms with E-state index in [4.69, 9.17) is 0 Å². The molecule has 0 saturated carbocycles. The zero-order valence-corrected chi connectivity index (χ0v) is 10.8. The van der Waals surface area contributed by atoms with Crippen molar-refractivity contribution in [3.63, 3.8) is 0 Å². The molecule has 0 unspecified atom stereocenters. The van der Waals surface area contributed by atoms with E-state index < -0.39 is 0 Å². The molecule has 1 heterocycles. The van der Waals surface area contributed by atoms with Crippen molar-refractivity contribution in [3.8, 4) is 0 Å². The first-order valence-corrected chi connectivity index (χ1v) is 6.31. The summed E-state index contributed by atoms with van der Waals surface area (Å²) in [6, 6.07) is 0.456. The van der Waals surface area contributed by atoms with Gasteiger partial charge < -0.3 is 10.0 Å². The molecule has 1 aromatic rings. The van der Waals surface area contributed by atoms with E-state index in [9.17, 15) is 5.11 Å². The Morgan fingerprint density at radius 1 is 1.40 bits per heavy atom. The van der Waals surface area contributed by atoms with Gasteiger partial charge in [-0.15, -0.1) is 0 Å². The molecule has 0 spiro atoms. The van der Waals surface area contributed by atoms with E-state index in [0.29, 0.717) is 6.04 Å². The molecule has 0 amide bonds. The van der Waals surface area contributed by atoms with E-state index in [0.717, 1.165) is 28.7 Å². The number of nitrogens with zero attached hydrogens (tertiary/aromatic N) is 2. The topological polar surface area (TPSA) is 36.4 Å². The molecular formula is C11H20N2OS. The number of aromatic nitrogens is 1. The normalized spacial score (nSPS) is 11.1. The van der Waals surface area contributed by atoms with Gasteiger partial charge in [0.05, 0.1) is 17.2 Å². The number of thiazole rings is 1. The molecule has 0 radical (unpaired) electrons. The highest BCUT2D eigenvalue weighted by atomic mass is 32.1. The minimum atomic E-state index is 0.108. The monoisotopic (exact) mass is 228 g/mol. The minimum absolute atomic E-state index is 0.108. The zero-order valence-electron chi connectivity index (χ0n) is 9.95. The standard InChI is InChI=1S/C11H20N2OS/c1-5-9-10(7-14)15-11(12-9)13(6-2)8(3)4/h8,14H,5-7H2,1-4H3. The molecule has 0 fully saturated rings. The van der Waals surface area contributed by atoms with Crippen molar-refractivity contribution in [2.75, 3.05) is 11.4 Å². The quantitative estimate of drug-likeness (QED) is 0.841. The number of rotatable bonds is 5. The predicted octanol–water partition coefficient (Wildman–Crippen LogP) is 2.43. The Labute approximate surface area is 95.8 Å². The Morgan fingerprint density at radius 2 is 2.07 bits per heavy atom. The molecule has 0 aliphatic heterocycles. The van der Waals surface area contributed by atoms with E-state index in [2.05, 4.69) is 37.6 Å². The lowest BCUT2D eigenvalue weighted by molar-refractivity contribution is 0.284. The lowest BCUT2D eigenvalue weighted by atomic mass is 10.3. The van der Waals surface area contributed by atoms with E-state index in [1.807, 2.05) is 0 Å². The molecule has 0 saturated heterocycles. The van der Waals surface area contributed by atoms with Crippen LogP contribution in [-0.2, 0) is 13.0 Å². The molecule has 3 nitrogen and oxygen atoms in total. The second-order valence-corrected chi connectivity index (χ2v) is 4.82. The lowest BCUT2D eigenvalue weighted by Crippen LogP contribution is -2.30. The average molecular weight is 228 g/mol. The van der Waals surface area contributed by atoms with Gasteiger partial charge in [0.1, 0.15) is 0 Å². The first-order chi connectivity index (χ1) is 7.13. The molecule has 0 aliphatic rings. The number of aryl methyl sites for hydroxylation is 1. The largest absolute Gasteiger partial charge is 0.391 e. The van der Waals surface area contributed by atoms with Crippen LogP contribution >= 0.6 is 11.3 Å². The summed E-state index contributed by atoms with van der Waals surface area (Å²) in [6.07, 6.45) is 0.891. The van der Waals surface area contributed by atoms with Crippen LogP contribution in [0, 0.1) is 0 Å². The highest BCUT2D eigenvalue weighted by Crippen LogP contribution is 2.27. The van der Waals surface area contributed by atoms with E-state index >= 15 is 0 Å². The third-order valence-electron chi connectivity index (χ3n) is 2.46. The molecule has 1 N–H and O–H groups in total. The van der Waals surface area contributed by atoms with Crippen LogP contribution < -0.4 is 4.90 Å². The summed E-state index contributed by atoms with van der Waals surface area (Å²) >= 11 is 1.61. The van der Waals surface area contributed by atoms with Gasteiger partial charge in [0, 0.05) is 12.6 Å². The summed E-state index contributed by atoms with van der Waals surface area (Å²) in [7, 11) is 0. The Hall–Kier alpha value is -0.610. The number of hydrogen-bond acceptors (Lipinski definition) is 4. The molecular weight excluding hydrogens is 208 g/mol. The van der Waals surface area contributed by atoms with Crippen LogP contribution in [0.15, 0.2) is 0 Å². The molecule has 0 bridgehead atoms. The first-order valence-electron chi connectivity index (χ1n) is 5.50. The molecule has 1 aromatic heterocycles. The van der Waals surface area contributed by atoms with Crippen LogP contribution in [0.1, 0.15) is 38.3 Å². The van der Waals surface area contributed by atoms with E-state index in [-0.39, 0.29) is 6.61 Å². The van der Waals surface area contributed by atoms with Gasteiger partial charge in [0.15, 0.2) is 5.13 Å². The molecule has 0 aromatic carbocycles. The fourth-order valence-electron chi connectivity index (χ4n) is 1.61. The number of hydrogen-bond donors (Lipinski definition) is 1. The van der Waals surface area contributed by atoms with Gasteiger partial charge in [0.25, 0.3) is 0 Å². The van der Waals surface area contributed by atoms with Crippen LogP contribution in [-0.4, -0.2) is 22.7 Å². The van der Waals surface area contributed by atoms with Crippen LogP contribution in [0.3, 0.4) is 0 Å². The Kier molecular flexibility index (Phi) is 4.54. The summed E-state index contributed by atoms with van der Waals surface area (Å²) in [5, 5.41) is 10.2. The third kappa shape index (κ3) is 2.69. The van der Waals surface area contributed by atoms with Gasteiger partial charge in [0.2, 0.25) is 0 Å². The van der Waals surface area contributed by atoms with Gasteiger partial charge in [-0.3, -0.25) is 0 Å². The van der Waals surface area contributed by atoms with Crippen molar-refractivity contribution in [2.24, 2.45) is 0 Å². The minimum Gasteiger partial charge on any atom is -0.391 e. The summed E-state index contributed by atoms with van der Waals surface area (Å²) in [5.74, 6) is 0. The molecule has 15 heavy (non-hydrogen) atoms. The maximum atomic E-state index is 9.21. The third-order valence-corrected chi connectivity index (χ3v) is 3.57. The molecule has 0 aliphatic carbocycles. The highest BCUT2D eigenvalue weighted by molar-refractivity contribution is 7.15. The number of anilines is 1. The second-order valence-electron chi connectivity index (χ2n) is 3.76. The summed E-state index contributed by atoms with van der Waals surface area (Å²) < 4.78 is 0. The van der Waals surface area contributed by atoms with Gasteiger partial charge >= 0.3 is 0 Å². The van der Waals surface area contributed by atoms with E-state index in [1.54, 1.807) is 11.3 Å². The molecule has 0 atom stereocenters. The SMILES string of the molecule is CCc1nc(N(CC)C(C)C)sc1CO. The Morgan fingerprint density at radius 3 is 2.40 bits per heavy atom. The van der Waals surface area contributed by atoms with Crippen molar-refractivity contribution in [3.05, 3.63) is 10.6 Å². The lowest BCUT2D eigenvalue weighted by Gasteiger charge is -2.24. The van der Waals surface area contributed by atoms with Crippen molar-refractivity contribution in [2.45, 2.75) is 46.8 Å². The fraction of sp³-hybridized carbons (Fsp3) is 0.727. The average Bonchev–Trinajstić information content (AvgIpc) is 2.61. The smallest absolute Gasteiger partial charge is 0.186 e. The number of aliphatic hydroxyl groups excluding tert-OH is 1. The fourth-order valence-corrected chi connectivity index (χ4v) is 2.82. The van der Waals surface area contributed by atoms with Crippen LogP contribution in [0.5, 0.6) is 0 Å². The summed E-state index contributed by atoms with van der Waals surface area (Å²) in [4.78, 5) is 7.84. The Bertz CT molecular complexity index is 288. The van der Waals surface area contributed by atoms with Crippen molar-refractivity contribution in [1.82, 2.24) is 4.98 Å². The molecule has 4 heteroatoms. The second kappa shape index (κ2) is 5.47. The molecule has 1 rings (SSSR count). The highest BCUT2D eigenvalue weighted by Gasteiger charge is 2.15. The van der Waals surface area contributed by atoms with Gasteiger partial charge in [-0.25, -0.2) is 4.98 Å². The summed E-state index contributed by atoms with van der Waals surface area (Å²) in [6.45, 7) is 9.59. The van der Waals surface area contributed by atoms with Gasteiger partial charge in [-0.2, -0.15) is 0 Å². The molecule has 86 valence electrons. The van der Waals surface area contributed by atoms with Gasteiger partial charge in [-0.05, 0) is 27.2 Å². The first kappa shape index (κ1) is 12.5. The predicted molar refractivity (Wildman–Crippen MR) is 65.6 cm³/mol. The van der Waals surface area contributed by atoms with Crippen molar-refractivity contribution >= 4 is 16.5 Å². The Balaban J connectivity index is 2.98.